The first-order chi connectivity index (χ1) is 8.06. The van der Waals surface area contributed by atoms with Crippen LogP contribution in [0.3, 0.4) is 0 Å². The summed E-state index contributed by atoms with van der Waals surface area (Å²) in [5.41, 5.74) is -0.266. The van der Waals surface area contributed by atoms with Crippen LogP contribution < -0.4 is 10.6 Å². The number of halogens is 3. The van der Waals surface area contributed by atoms with Crippen molar-refractivity contribution in [3.8, 4) is 0 Å². The summed E-state index contributed by atoms with van der Waals surface area (Å²) in [4.78, 5) is 11.1. The Kier molecular flexibility index (Phi) is 4.56. The van der Waals surface area contributed by atoms with Crippen molar-refractivity contribution in [2.24, 2.45) is 0 Å². The molecule has 0 heterocycles. The molecule has 1 aromatic rings. The Labute approximate surface area is 96.3 Å². The number of hydrogen-bond acceptors (Lipinski definition) is 2. The zero-order valence-electron chi connectivity index (χ0n) is 8.90. The van der Waals surface area contributed by atoms with Crippen molar-refractivity contribution in [3.05, 3.63) is 42.2 Å². The molecule has 0 radical (unpaired) electrons. The first kappa shape index (κ1) is 13.1. The van der Waals surface area contributed by atoms with E-state index < -0.39 is 23.4 Å². The van der Waals surface area contributed by atoms with Gasteiger partial charge in [-0.05, 0) is 12.1 Å². The molecule has 6 heteroatoms. The van der Waals surface area contributed by atoms with E-state index >= 15 is 0 Å². The molecule has 3 nitrogen and oxygen atoms in total. The van der Waals surface area contributed by atoms with E-state index in [-0.39, 0.29) is 18.8 Å². The van der Waals surface area contributed by atoms with Gasteiger partial charge in [0.25, 0.3) is 0 Å². The largest absolute Gasteiger partial charge is 0.374 e. The molecular weight excluding hydrogens is 233 g/mol. The van der Waals surface area contributed by atoms with Gasteiger partial charge >= 0.3 is 0 Å². The third-order valence-electron chi connectivity index (χ3n) is 1.92. The highest BCUT2D eigenvalue weighted by Crippen LogP contribution is 2.19. The number of hydrogen-bond donors (Lipinski definition) is 2. The zero-order chi connectivity index (χ0) is 12.8. The van der Waals surface area contributed by atoms with Gasteiger partial charge in [-0.1, -0.05) is 6.08 Å². The normalized spacial score (nSPS) is 9.82. The van der Waals surface area contributed by atoms with Crippen LogP contribution in [-0.4, -0.2) is 19.0 Å². The van der Waals surface area contributed by atoms with E-state index in [9.17, 15) is 18.0 Å². The molecule has 0 saturated heterocycles. The highest BCUT2D eigenvalue weighted by Gasteiger charge is 2.13. The smallest absolute Gasteiger partial charge is 0.239 e. The molecule has 1 rings (SSSR count). The van der Waals surface area contributed by atoms with Crippen molar-refractivity contribution >= 4 is 11.6 Å². The maximum atomic E-state index is 13.1. The molecule has 17 heavy (non-hydrogen) atoms. The standard InChI is InChI=1S/C11H11F3N2O/c1-2-5-15-9(17)6-16-8-4-3-7(12)10(13)11(8)14/h2-4,16H,1,5-6H2,(H,15,17). The lowest BCUT2D eigenvalue weighted by molar-refractivity contribution is -0.119. The van der Waals surface area contributed by atoms with E-state index in [0.29, 0.717) is 0 Å². The minimum Gasteiger partial charge on any atom is -0.374 e. The quantitative estimate of drug-likeness (QED) is 0.612. The van der Waals surface area contributed by atoms with Crippen LogP contribution >= 0.6 is 0 Å². The van der Waals surface area contributed by atoms with E-state index in [1.54, 1.807) is 0 Å². The summed E-state index contributed by atoms with van der Waals surface area (Å²) in [6.07, 6.45) is 1.48. The van der Waals surface area contributed by atoms with Crippen LogP contribution in [0.15, 0.2) is 24.8 Å². The molecule has 0 aliphatic rings. The van der Waals surface area contributed by atoms with Gasteiger partial charge in [0, 0.05) is 6.54 Å². The van der Waals surface area contributed by atoms with Crippen LogP contribution in [0.5, 0.6) is 0 Å². The Morgan fingerprint density at radius 2 is 2.00 bits per heavy atom. The average Bonchev–Trinajstić information content (AvgIpc) is 2.32. The van der Waals surface area contributed by atoms with E-state index in [0.717, 1.165) is 12.1 Å². The average molecular weight is 244 g/mol. The summed E-state index contributed by atoms with van der Waals surface area (Å²) in [5, 5.41) is 4.80. The highest BCUT2D eigenvalue weighted by molar-refractivity contribution is 5.80. The summed E-state index contributed by atoms with van der Waals surface area (Å²) < 4.78 is 38.5. The molecule has 1 amide bonds. The SMILES string of the molecule is C=CCNC(=O)CNc1ccc(F)c(F)c1F. The molecule has 0 atom stereocenters. The van der Waals surface area contributed by atoms with E-state index in [1.807, 2.05) is 0 Å². The fourth-order valence-electron chi connectivity index (χ4n) is 1.09. The molecule has 0 bridgehead atoms. The van der Waals surface area contributed by atoms with E-state index in [2.05, 4.69) is 17.2 Å². The van der Waals surface area contributed by atoms with Crippen molar-refractivity contribution in [1.82, 2.24) is 5.32 Å². The highest BCUT2D eigenvalue weighted by atomic mass is 19.2. The fourth-order valence-corrected chi connectivity index (χ4v) is 1.09. The molecular formula is C11H11F3N2O. The van der Waals surface area contributed by atoms with Crippen LogP contribution in [0.4, 0.5) is 18.9 Å². The number of benzene rings is 1. The Hall–Kier alpha value is -1.98. The molecule has 0 unspecified atom stereocenters. The van der Waals surface area contributed by atoms with Crippen molar-refractivity contribution in [1.29, 1.82) is 0 Å². The van der Waals surface area contributed by atoms with Gasteiger partial charge in [0.2, 0.25) is 5.91 Å². The molecule has 0 spiro atoms. The lowest BCUT2D eigenvalue weighted by Gasteiger charge is -2.08. The molecule has 92 valence electrons. The van der Waals surface area contributed by atoms with Gasteiger partial charge < -0.3 is 10.6 Å². The van der Waals surface area contributed by atoms with Crippen molar-refractivity contribution in [2.45, 2.75) is 0 Å². The fraction of sp³-hybridized carbons (Fsp3) is 0.182. The molecule has 0 fully saturated rings. The summed E-state index contributed by atoms with van der Waals surface area (Å²) in [6, 6.07) is 1.80. The Morgan fingerprint density at radius 3 is 2.65 bits per heavy atom. The number of anilines is 1. The van der Waals surface area contributed by atoms with Gasteiger partial charge in [-0.25, -0.2) is 13.2 Å². The number of nitrogens with one attached hydrogen (secondary N) is 2. The number of amides is 1. The van der Waals surface area contributed by atoms with Crippen molar-refractivity contribution in [2.75, 3.05) is 18.4 Å². The predicted octanol–water partition coefficient (Wildman–Crippen LogP) is 1.82. The first-order valence-electron chi connectivity index (χ1n) is 4.81. The van der Waals surface area contributed by atoms with Gasteiger partial charge in [-0.15, -0.1) is 6.58 Å². The Bertz CT molecular complexity index is 435. The second-order valence-electron chi connectivity index (χ2n) is 3.17. The van der Waals surface area contributed by atoms with Crippen LogP contribution in [0.25, 0.3) is 0 Å². The zero-order valence-corrected chi connectivity index (χ0v) is 8.90. The second-order valence-corrected chi connectivity index (χ2v) is 3.17. The van der Waals surface area contributed by atoms with Gasteiger partial charge in [0.05, 0.1) is 12.2 Å². The lowest BCUT2D eigenvalue weighted by Crippen LogP contribution is -2.30. The monoisotopic (exact) mass is 244 g/mol. The molecule has 2 N–H and O–H groups in total. The maximum Gasteiger partial charge on any atom is 0.239 e. The molecule has 1 aromatic carbocycles. The molecule has 0 aromatic heterocycles. The number of carbonyl (C=O) groups excluding carboxylic acids is 1. The minimum absolute atomic E-state index is 0.240. The van der Waals surface area contributed by atoms with E-state index in [1.165, 1.54) is 6.08 Å². The predicted molar refractivity (Wildman–Crippen MR) is 58.0 cm³/mol. The van der Waals surface area contributed by atoms with Gasteiger partial charge in [-0.2, -0.15) is 0 Å². The third-order valence-corrected chi connectivity index (χ3v) is 1.92. The molecule has 0 aliphatic carbocycles. The maximum absolute atomic E-state index is 13.1. The van der Waals surface area contributed by atoms with Crippen molar-refractivity contribution < 1.29 is 18.0 Å². The topological polar surface area (TPSA) is 41.1 Å². The third kappa shape index (κ3) is 3.51. The van der Waals surface area contributed by atoms with Crippen LogP contribution in [0, 0.1) is 17.5 Å². The van der Waals surface area contributed by atoms with Gasteiger partial charge in [0.15, 0.2) is 17.5 Å². The number of carbonyl (C=O) groups is 1. The summed E-state index contributed by atoms with van der Waals surface area (Å²) >= 11 is 0. The minimum atomic E-state index is -1.57. The first-order valence-corrected chi connectivity index (χ1v) is 4.81. The lowest BCUT2D eigenvalue weighted by atomic mass is 10.3. The van der Waals surface area contributed by atoms with E-state index in [4.69, 9.17) is 0 Å². The van der Waals surface area contributed by atoms with Crippen LogP contribution in [0.1, 0.15) is 0 Å². The summed E-state index contributed by atoms with van der Waals surface area (Å²) in [6.45, 7) is 3.44. The molecule has 0 saturated carbocycles. The van der Waals surface area contributed by atoms with Crippen molar-refractivity contribution in [3.63, 3.8) is 0 Å². The van der Waals surface area contributed by atoms with Crippen LogP contribution in [-0.2, 0) is 4.79 Å². The summed E-state index contributed by atoms with van der Waals surface area (Å²) in [5.74, 6) is -4.60. The second kappa shape index (κ2) is 5.93. The van der Waals surface area contributed by atoms with Crippen LogP contribution in [0.2, 0.25) is 0 Å². The molecule has 0 aliphatic heterocycles. The Balaban J connectivity index is 2.61. The summed E-state index contributed by atoms with van der Waals surface area (Å²) in [7, 11) is 0. The number of rotatable bonds is 5. The van der Waals surface area contributed by atoms with Gasteiger partial charge in [0.1, 0.15) is 0 Å². The Morgan fingerprint density at radius 1 is 1.29 bits per heavy atom. The van der Waals surface area contributed by atoms with Gasteiger partial charge in [-0.3, -0.25) is 4.79 Å².